The molecule has 1 aromatic rings. The number of carbonyl (C=O) groups is 1. The lowest BCUT2D eigenvalue weighted by molar-refractivity contribution is -0.128. The van der Waals surface area contributed by atoms with Gasteiger partial charge in [0.15, 0.2) is 0 Å². The summed E-state index contributed by atoms with van der Waals surface area (Å²) in [6, 6.07) is 7.94. The Hall–Kier alpha value is -1.35. The minimum absolute atomic E-state index is 0.227. The lowest BCUT2D eigenvalue weighted by atomic mass is 10.0. The molecule has 0 fully saturated rings. The van der Waals surface area contributed by atoms with Crippen LogP contribution >= 0.6 is 0 Å². The van der Waals surface area contributed by atoms with E-state index >= 15 is 0 Å². The van der Waals surface area contributed by atoms with Gasteiger partial charge in [0.05, 0.1) is 6.42 Å². The topological polar surface area (TPSA) is 49.3 Å². The molecule has 1 aromatic carbocycles. The molecule has 0 unspecified atom stereocenters. The van der Waals surface area contributed by atoms with Crippen LogP contribution in [0.25, 0.3) is 0 Å². The van der Waals surface area contributed by atoms with Gasteiger partial charge in [-0.1, -0.05) is 37.6 Å². The van der Waals surface area contributed by atoms with Gasteiger partial charge < -0.3 is 0 Å². The summed E-state index contributed by atoms with van der Waals surface area (Å²) in [6.07, 6.45) is 3.69. The molecule has 0 aliphatic carbocycles. The molecule has 3 heteroatoms. The van der Waals surface area contributed by atoms with Gasteiger partial charge in [-0.2, -0.15) is 0 Å². The van der Waals surface area contributed by atoms with Gasteiger partial charge in [0.1, 0.15) is 0 Å². The number of hydrogen-bond donors (Lipinski definition) is 2. The van der Waals surface area contributed by atoms with Gasteiger partial charge in [-0.05, 0) is 24.0 Å². The maximum Gasteiger partial charge on any atom is 0.247 e. The van der Waals surface area contributed by atoms with E-state index in [4.69, 9.17) is 5.21 Å². The van der Waals surface area contributed by atoms with Crippen LogP contribution in [0.3, 0.4) is 0 Å². The van der Waals surface area contributed by atoms with Crippen molar-refractivity contribution in [2.24, 2.45) is 0 Å². The molecule has 0 spiro atoms. The van der Waals surface area contributed by atoms with E-state index in [9.17, 15) is 4.79 Å². The fourth-order valence-corrected chi connectivity index (χ4v) is 1.43. The zero-order valence-corrected chi connectivity index (χ0v) is 8.99. The van der Waals surface area contributed by atoms with E-state index in [1.165, 1.54) is 18.4 Å². The van der Waals surface area contributed by atoms with Crippen LogP contribution in [-0.4, -0.2) is 11.1 Å². The third-order valence-corrected chi connectivity index (χ3v) is 2.33. The van der Waals surface area contributed by atoms with Crippen molar-refractivity contribution in [1.29, 1.82) is 0 Å². The first-order valence-electron chi connectivity index (χ1n) is 5.27. The molecular formula is C12H17NO2. The smallest absolute Gasteiger partial charge is 0.247 e. The van der Waals surface area contributed by atoms with Crippen molar-refractivity contribution in [3.8, 4) is 0 Å². The van der Waals surface area contributed by atoms with Gasteiger partial charge in [-0.25, -0.2) is 5.48 Å². The highest BCUT2D eigenvalue weighted by Crippen LogP contribution is 2.08. The minimum Gasteiger partial charge on any atom is -0.289 e. The number of benzene rings is 1. The standard InChI is InChI=1S/C12H17NO2/c1-2-3-4-10-5-7-11(8-6-10)9-12(14)13-15/h5-8,15H,2-4,9H2,1H3,(H,13,14). The fourth-order valence-electron chi connectivity index (χ4n) is 1.43. The van der Waals surface area contributed by atoms with Gasteiger partial charge >= 0.3 is 0 Å². The number of rotatable bonds is 5. The number of hydroxylamine groups is 1. The molecule has 0 saturated heterocycles. The van der Waals surface area contributed by atoms with Crippen molar-refractivity contribution in [2.75, 3.05) is 0 Å². The predicted molar refractivity (Wildman–Crippen MR) is 58.7 cm³/mol. The summed E-state index contributed by atoms with van der Waals surface area (Å²) in [5, 5.41) is 8.37. The Bertz CT molecular complexity index is 306. The van der Waals surface area contributed by atoms with Gasteiger partial charge in [-0.3, -0.25) is 10.0 Å². The third kappa shape index (κ3) is 4.13. The van der Waals surface area contributed by atoms with Gasteiger partial charge in [0, 0.05) is 0 Å². The summed E-state index contributed by atoms with van der Waals surface area (Å²) in [5.74, 6) is -0.378. The average molecular weight is 207 g/mol. The first kappa shape index (κ1) is 11.7. The molecule has 2 N–H and O–H groups in total. The maximum absolute atomic E-state index is 10.9. The molecule has 15 heavy (non-hydrogen) atoms. The predicted octanol–water partition coefficient (Wildman–Crippen LogP) is 2.08. The summed E-state index contributed by atoms with van der Waals surface area (Å²) in [4.78, 5) is 10.9. The third-order valence-electron chi connectivity index (χ3n) is 2.33. The Kier molecular flexibility index (Phi) is 4.84. The number of amides is 1. The molecular weight excluding hydrogens is 190 g/mol. The number of hydrogen-bond acceptors (Lipinski definition) is 2. The lowest BCUT2D eigenvalue weighted by Gasteiger charge is -2.02. The summed E-state index contributed by atoms with van der Waals surface area (Å²) in [6.45, 7) is 2.17. The summed E-state index contributed by atoms with van der Waals surface area (Å²) in [7, 11) is 0. The molecule has 0 heterocycles. The highest BCUT2D eigenvalue weighted by Gasteiger charge is 2.01. The van der Waals surface area contributed by atoms with Gasteiger partial charge in [0.25, 0.3) is 0 Å². The zero-order chi connectivity index (χ0) is 11.1. The molecule has 3 nitrogen and oxygen atoms in total. The normalized spacial score (nSPS) is 10.0. The van der Waals surface area contributed by atoms with Crippen LogP contribution in [-0.2, 0) is 17.6 Å². The molecule has 0 atom stereocenters. The summed E-state index contributed by atoms with van der Waals surface area (Å²) in [5.41, 5.74) is 3.84. The average Bonchev–Trinajstić information content (AvgIpc) is 2.28. The lowest BCUT2D eigenvalue weighted by Crippen LogP contribution is -2.20. The minimum atomic E-state index is -0.378. The van der Waals surface area contributed by atoms with Crippen LogP contribution in [0.5, 0.6) is 0 Å². The van der Waals surface area contributed by atoms with Crippen LogP contribution in [0.15, 0.2) is 24.3 Å². The van der Waals surface area contributed by atoms with Crippen molar-refractivity contribution in [1.82, 2.24) is 5.48 Å². The van der Waals surface area contributed by atoms with Crippen molar-refractivity contribution in [3.63, 3.8) is 0 Å². The Balaban J connectivity index is 2.52. The molecule has 1 amide bonds. The van der Waals surface area contributed by atoms with Crippen LogP contribution in [0, 0.1) is 0 Å². The van der Waals surface area contributed by atoms with Gasteiger partial charge in [0.2, 0.25) is 5.91 Å². The molecule has 0 radical (unpaired) electrons. The van der Waals surface area contributed by atoms with E-state index in [0.29, 0.717) is 0 Å². The maximum atomic E-state index is 10.9. The van der Waals surface area contributed by atoms with Crippen molar-refractivity contribution < 1.29 is 10.0 Å². The Morgan fingerprint density at radius 1 is 1.27 bits per heavy atom. The second-order valence-electron chi connectivity index (χ2n) is 3.63. The highest BCUT2D eigenvalue weighted by atomic mass is 16.5. The fraction of sp³-hybridized carbons (Fsp3) is 0.417. The number of unbranched alkanes of at least 4 members (excludes halogenated alkanes) is 1. The van der Waals surface area contributed by atoms with Gasteiger partial charge in [-0.15, -0.1) is 0 Å². The van der Waals surface area contributed by atoms with E-state index < -0.39 is 0 Å². The van der Waals surface area contributed by atoms with Crippen LogP contribution in [0.1, 0.15) is 30.9 Å². The van der Waals surface area contributed by atoms with E-state index in [2.05, 4.69) is 6.92 Å². The molecule has 0 aliphatic heterocycles. The largest absolute Gasteiger partial charge is 0.289 e. The number of carbonyl (C=O) groups excluding carboxylic acids is 1. The second kappa shape index (κ2) is 6.19. The Morgan fingerprint density at radius 3 is 2.40 bits per heavy atom. The molecule has 1 rings (SSSR count). The molecule has 0 aromatic heterocycles. The van der Waals surface area contributed by atoms with E-state index in [1.807, 2.05) is 24.3 Å². The first-order valence-corrected chi connectivity index (χ1v) is 5.27. The number of nitrogens with one attached hydrogen (secondary N) is 1. The Labute approximate surface area is 90.1 Å². The number of aryl methyl sites for hydroxylation is 1. The molecule has 0 bridgehead atoms. The van der Waals surface area contributed by atoms with Crippen LogP contribution < -0.4 is 5.48 Å². The van der Waals surface area contributed by atoms with E-state index in [0.717, 1.165) is 12.0 Å². The highest BCUT2D eigenvalue weighted by molar-refractivity contribution is 5.77. The van der Waals surface area contributed by atoms with Crippen LogP contribution in [0.4, 0.5) is 0 Å². The zero-order valence-electron chi connectivity index (χ0n) is 8.99. The molecule has 82 valence electrons. The van der Waals surface area contributed by atoms with E-state index in [-0.39, 0.29) is 12.3 Å². The monoisotopic (exact) mass is 207 g/mol. The van der Waals surface area contributed by atoms with Crippen molar-refractivity contribution >= 4 is 5.91 Å². The van der Waals surface area contributed by atoms with Crippen molar-refractivity contribution in [3.05, 3.63) is 35.4 Å². The SMILES string of the molecule is CCCCc1ccc(CC(=O)NO)cc1. The van der Waals surface area contributed by atoms with Crippen molar-refractivity contribution in [2.45, 2.75) is 32.6 Å². The Morgan fingerprint density at radius 2 is 1.87 bits per heavy atom. The van der Waals surface area contributed by atoms with E-state index in [1.54, 1.807) is 5.48 Å². The summed E-state index contributed by atoms with van der Waals surface area (Å²) < 4.78 is 0. The molecule has 0 saturated carbocycles. The van der Waals surface area contributed by atoms with Crippen LogP contribution in [0.2, 0.25) is 0 Å². The molecule has 0 aliphatic rings. The second-order valence-corrected chi connectivity index (χ2v) is 3.63. The quantitative estimate of drug-likeness (QED) is 0.573. The summed E-state index contributed by atoms with van der Waals surface area (Å²) >= 11 is 0. The first-order chi connectivity index (χ1) is 7.26.